The van der Waals surface area contributed by atoms with Crippen molar-refractivity contribution < 1.29 is 0 Å². The first-order valence-electron chi connectivity index (χ1n) is 10.2. The largest absolute Gasteiger partial charge is 0.297 e. The van der Waals surface area contributed by atoms with E-state index in [1.807, 2.05) is 22.9 Å². The second-order valence-electron chi connectivity index (χ2n) is 9.27. The minimum Gasteiger partial charge on any atom is -0.297 e. The van der Waals surface area contributed by atoms with Crippen LogP contribution in [0.2, 0.25) is 10.0 Å². The van der Waals surface area contributed by atoms with E-state index in [2.05, 4.69) is 61.4 Å². The van der Waals surface area contributed by atoms with Crippen LogP contribution in [0.15, 0.2) is 24.3 Å². The van der Waals surface area contributed by atoms with Crippen molar-refractivity contribution in [3.05, 3.63) is 45.7 Å². The summed E-state index contributed by atoms with van der Waals surface area (Å²) in [6.45, 7) is 6.63. The number of tetrazole rings is 1. The Kier molecular flexibility index (Phi) is 6.71. The lowest BCUT2D eigenvalue weighted by Crippen LogP contribution is -2.46. The number of rotatable bonds is 5. The predicted molar refractivity (Wildman–Crippen MR) is 120 cm³/mol. The average molecular weight is 436 g/mol. The number of hydrogen-bond donors (Lipinski definition) is 0. The van der Waals surface area contributed by atoms with Crippen molar-refractivity contribution in [3.63, 3.8) is 0 Å². The fourth-order valence-electron chi connectivity index (χ4n) is 4.26. The van der Waals surface area contributed by atoms with Gasteiger partial charge in [0.25, 0.3) is 0 Å². The topological polar surface area (TPSA) is 46.8 Å². The lowest BCUT2D eigenvalue weighted by molar-refractivity contribution is 0.0783. The summed E-state index contributed by atoms with van der Waals surface area (Å²) < 4.78 is 2.02. The van der Waals surface area contributed by atoms with Gasteiger partial charge in [-0.1, -0.05) is 81.5 Å². The Balaban J connectivity index is 2.03. The molecule has 0 aliphatic heterocycles. The van der Waals surface area contributed by atoms with E-state index in [1.165, 1.54) is 19.3 Å². The Labute approximate surface area is 184 Å². The highest BCUT2D eigenvalue weighted by atomic mass is 35.5. The van der Waals surface area contributed by atoms with Crippen LogP contribution in [0.4, 0.5) is 0 Å². The van der Waals surface area contributed by atoms with E-state index >= 15 is 0 Å². The first-order chi connectivity index (χ1) is 13.6. The van der Waals surface area contributed by atoms with Crippen molar-refractivity contribution in [1.82, 2.24) is 25.1 Å². The molecule has 5 nitrogen and oxygen atoms in total. The van der Waals surface area contributed by atoms with E-state index in [-0.39, 0.29) is 17.0 Å². The molecule has 1 aliphatic rings. The van der Waals surface area contributed by atoms with E-state index in [0.717, 1.165) is 24.2 Å². The predicted octanol–water partition coefficient (Wildman–Crippen LogP) is 6.00. The Morgan fingerprint density at radius 3 is 2.41 bits per heavy atom. The molecule has 0 saturated heterocycles. The molecule has 0 N–H and O–H groups in total. The SMILES string of the molecule is CN(C)C1(c2nnnn2C(C=Cc2ccc(Cl)cc2Cl)C(C)(C)C)CCCCC1. The standard InChI is InChI=1S/C22H31Cl2N5/c1-21(2,3)19(12-10-16-9-11-17(23)15-18(16)24)29-20(25-26-27-29)22(28(4)5)13-7-6-8-14-22/h9-12,15,19H,6-8,13-14H2,1-5H3. The maximum atomic E-state index is 6.38. The van der Waals surface area contributed by atoms with E-state index < -0.39 is 0 Å². The summed E-state index contributed by atoms with van der Waals surface area (Å²) in [7, 11) is 4.28. The van der Waals surface area contributed by atoms with Crippen molar-refractivity contribution in [2.45, 2.75) is 64.5 Å². The van der Waals surface area contributed by atoms with Crippen LogP contribution in [0.1, 0.15) is 70.3 Å². The van der Waals surface area contributed by atoms with E-state index in [9.17, 15) is 0 Å². The highest BCUT2D eigenvalue weighted by Crippen LogP contribution is 2.42. The molecule has 7 heteroatoms. The molecule has 0 spiro atoms. The Morgan fingerprint density at radius 2 is 1.83 bits per heavy atom. The highest BCUT2D eigenvalue weighted by Gasteiger charge is 2.42. The van der Waals surface area contributed by atoms with Gasteiger partial charge in [-0.25, -0.2) is 4.68 Å². The molecule has 1 unspecified atom stereocenters. The van der Waals surface area contributed by atoms with E-state index in [0.29, 0.717) is 10.0 Å². The van der Waals surface area contributed by atoms with Crippen LogP contribution in [0.3, 0.4) is 0 Å². The molecule has 1 heterocycles. The summed E-state index contributed by atoms with van der Waals surface area (Å²) in [5.41, 5.74) is 0.721. The zero-order chi connectivity index (χ0) is 21.2. The van der Waals surface area contributed by atoms with Crippen LogP contribution in [-0.2, 0) is 5.54 Å². The molecule has 0 amide bonds. The number of benzene rings is 1. The normalized spacial score (nSPS) is 18.5. The van der Waals surface area contributed by atoms with Crippen molar-refractivity contribution in [2.75, 3.05) is 14.1 Å². The fraction of sp³-hybridized carbons (Fsp3) is 0.591. The molecule has 2 aromatic rings. The van der Waals surface area contributed by atoms with Crippen molar-refractivity contribution >= 4 is 29.3 Å². The van der Waals surface area contributed by atoms with Crippen molar-refractivity contribution in [2.24, 2.45) is 5.41 Å². The molecule has 1 fully saturated rings. The zero-order valence-corrected chi connectivity index (χ0v) is 19.5. The van der Waals surface area contributed by atoms with Crippen LogP contribution in [-0.4, -0.2) is 39.2 Å². The summed E-state index contributed by atoms with van der Waals surface area (Å²) in [4.78, 5) is 2.30. The third-order valence-corrected chi connectivity index (χ3v) is 6.58. The summed E-state index contributed by atoms with van der Waals surface area (Å²) >= 11 is 12.4. The van der Waals surface area contributed by atoms with Gasteiger partial charge in [0.1, 0.15) is 0 Å². The van der Waals surface area contributed by atoms with Crippen LogP contribution < -0.4 is 0 Å². The minimum atomic E-state index is -0.128. The monoisotopic (exact) mass is 435 g/mol. The molecule has 158 valence electrons. The average Bonchev–Trinajstić information content (AvgIpc) is 3.12. The summed E-state index contributed by atoms with van der Waals surface area (Å²) in [5, 5.41) is 14.4. The van der Waals surface area contributed by atoms with Crippen LogP contribution in [0.5, 0.6) is 0 Å². The fourth-order valence-corrected chi connectivity index (χ4v) is 4.73. The Hall–Kier alpha value is -1.43. The van der Waals surface area contributed by atoms with Gasteiger partial charge in [0.15, 0.2) is 5.82 Å². The molecule has 1 aliphatic carbocycles. The second kappa shape index (κ2) is 8.75. The van der Waals surface area contributed by atoms with Crippen LogP contribution >= 0.6 is 23.2 Å². The number of hydrogen-bond acceptors (Lipinski definition) is 4. The van der Waals surface area contributed by atoms with Crippen LogP contribution in [0.25, 0.3) is 6.08 Å². The van der Waals surface area contributed by atoms with Crippen LogP contribution in [0, 0.1) is 5.41 Å². The summed E-state index contributed by atoms with van der Waals surface area (Å²) in [5.74, 6) is 0.953. The number of halogens is 2. The minimum absolute atomic E-state index is 0.0157. The number of allylic oxidation sites excluding steroid dienone is 1. The number of aromatic nitrogens is 4. The summed E-state index contributed by atoms with van der Waals surface area (Å²) in [6.07, 6.45) is 10.0. The molecule has 1 aromatic heterocycles. The Bertz CT molecular complexity index is 860. The van der Waals surface area contributed by atoms with Gasteiger partial charge in [0.05, 0.1) is 11.6 Å². The first-order valence-corrected chi connectivity index (χ1v) is 11.0. The van der Waals surface area contributed by atoms with Gasteiger partial charge in [0.2, 0.25) is 0 Å². The molecule has 29 heavy (non-hydrogen) atoms. The van der Waals surface area contributed by atoms with Gasteiger partial charge >= 0.3 is 0 Å². The van der Waals surface area contributed by atoms with Gasteiger partial charge < -0.3 is 0 Å². The first kappa shape index (κ1) is 22.3. The highest BCUT2D eigenvalue weighted by molar-refractivity contribution is 6.35. The molecular weight excluding hydrogens is 405 g/mol. The summed E-state index contributed by atoms with van der Waals surface area (Å²) in [6, 6.07) is 5.53. The quantitative estimate of drug-likeness (QED) is 0.577. The molecule has 3 rings (SSSR count). The van der Waals surface area contributed by atoms with Gasteiger partial charge in [-0.3, -0.25) is 4.90 Å². The zero-order valence-electron chi connectivity index (χ0n) is 18.0. The van der Waals surface area contributed by atoms with E-state index in [4.69, 9.17) is 23.2 Å². The third kappa shape index (κ3) is 4.68. The molecule has 0 bridgehead atoms. The van der Waals surface area contributed by atoms with Gasteiger partial charge in [-0.15, -0.1) is 5.10 Å². The molecule has 0 radical (unpaired) electrons. The maximum absolute atomic E-state index is 6.38. The molecule has 1 atom stereocenters. The lowest BCUT2D eigenvalue weighted by atomic mass is 9.79. The molecule has 1 saturated carbocycles. The second-order valence-corrected chi connectivity index (χ2v) is 10.1. The maximum Gasteiger partial charge on any atom is 0.172 e. The molecule has 1 aromatic carbocycles. The molecular formula is C22H31Cl2N5. The smallest absolute Gasteiger partial charge is 0.172 e. The lowest BCUT2D eigenvalue weighted by Gasteiger charge is -2.43. The third-order valence-electron chi connectivity index (χ3n) is 6.02. The van der Waals surface area contributed by atoms with E-state index in [1.54, 1.807) is 6.07 Å². The van der Waals surface area contributed by atoms with Gasteiger partial charge in [-0.05, 0) is 60.5 Å². The van der Waals surface area contributed by atoms with Crippen molar-refractivity contribution in [1.29, 1.82) is 0 Å². The van der Waals surface area contributed by atoms with Gasteiger partial charge in [0, 0.05) is 10.0 Å². The van der Waals surface area contributed by atoms with Gasteiger partial charge in [-0.2, -0.15) is 0 Å². The van der Waals surface area contributed by atoms with Crippen molar-refractivity contribution in [3.8, 4) is 0 Å². The Morgan fingerprint density at radius 1 is 1.14 bits per heavy atom. The number of nitrogens with zero attached hydrogens (tertiary/aromatic N) is 5.